The number of rotatable bonds is 10. The summed E-state index contributed by atoms with van der Waals surface area (Å²) in [6.07, 6.45) is 8.73. The normalized spacial score (nSPS) is 16.9. The number of carbonyl (C=O) groups is 4. The van der Waals surface area contributed by atoms with Crippen molar-refractivity contribution in [2.75, 3.05) is 10.9 Å². The number of nitrogens with one attached hydrogen (secondary N) is 2. The van der Waals surface area contributed by atoms with Crippen LogP contribution in [0, 0.1) is 0 Å². The highest BCUT2D eigenvalue weighted by molar-refractivity contribution is 7.86. The van der Waals surface area contributed by atoms with Crippen LogP contribution >= 0.6 is 0 Å². The Balaban J connectivity index is 1.62. The van der Waals surface area contributed by atoms with Crippen molar-refractivity contribution in [1.82, 2.24) is 0 Å². The molecular formula is C28H20N4O12S2. The van der Waals surface area contributed by atoms with E-state index in [0.29, 0.717) is 0 Å². The van der Waals surface area contributed by atoms with Gasteiger partial charge in [0.15, 0.2) is 11.6 Å². The SMILES string of the molecule is O=C(O)C1=C/C(=N/Nc2ccc(/C=C/c3ccc(N/N=C4\C=CC(=O)C(C(=O)O)=C4)cc3S(=O)(=O)O)c(S(=O)(=O)O)c2)C=CC1=O. The maximum Gasteiger partial charge on any atom is 0.339 e. The fourth-order valence-corrected chi connectivity index (χ4v) is 5.30. The average molecular weight is 669 g/mol. The van der Waals surface area contributed by atoms with Crippen LogP contribution in [0.5, 0.6) is 0 Å². The molecular weight excluding hydrogens is 648 g/mol. The van der Waals surface area contributed by atoms with E-state index >= 15 is 0 Å². The van der Waals surface area contributed by atoms with Gasteiger partial charge in [-0.05, 0) is 71.8 Å². The van der Waals surface area contributed by atoms with Crippen molar-refractivity contribution in [3.05, 3.63) is 95.1 Å². The predicted molar refractivity (Wildman–Crippen MR) is 163 cm³/mol. The van der Waals surface area contributed by atoms with Gasteiger partial charge >= 0.3 is 11.9 Å². The van der Waals surface area contributed by atoms with Crippen molar-refractivity contribution in [1.29, 1.82) is 0 Å². The molecule has 0 saturated heterocycles. The van der Waals surface area contributed by atoms with Crippen molar-refractivity contribution in [3.63, 3.8) is 0 Å². The smallest absolute Gasteiger partial charge is 0.339 e. The zero-order chi connectivity index (χ0) is 33.8. The Labute approximate surface area is 259 Å². The first kappa shape index (κ1) is 33.1. The Morgan fingerprint density at radius 3 is 1.33 bits per heavy atom. The molecule has 0 aromatic heterocycles. The lowest BCUT2D eigenvalue weighted by molar-refractivity contribution is -0.135. The molecule has 0 spiro atoms. The molecule has 46 heavy (non-hydrogen) atoms. The van der Waals surface area contributed by atoms with Gasteiger partial charge in [0.25, 0.3) is 20.2 Å². The van der Waals surface area contributed by atoms with E-state index in [1.807, 2.05) is 0 Å². The molecule has 2 aliphatic carbocycles. The maximum absolute atomic E-state index is 12.1. The third-order valence-electron chi connectivity index (χ3n) is 6.04. The maximum atomic E-state index is 12.1. The summed E-state index contributed by atoms with van der Waals surface area (Å²) in [4.78, 5) is 44.4. The van der Waals surface area contributed by atoms with Gasteiger partial charge in [-0.15, -0.1) is 0 Å². The van der Waals surface area contributed by atoms with Gasteiger partial charge in [-0.1, -0.05) is 24.3 Å². The molecule has 2 aliphatic rings. The minimum atomic E-state index is -4.86. The Bertz CT molecular complexity index is 1990. The Kier molecular flexibility index (Phi) is 9.38. The number of hydrogen-bond acceptors (Lipinski definition) is 12. The molecule has 0 heterocycles. The van der Waals surface area contributed by atoms with Gasteiger partial charge in [-0.3, -0.25) is 29.5 Å². The summed E-state index contributed by atoms with van der Waals surface area (Å²) in [7, 11) is -9.71. The lowest BCUT2D eigenvalue weighted by Crippen LogP contribution is -2.16. The fourth-order valence-electron chi connectivity index (χ4n) is 3.88. The Hall–Kier alpha value is -5.82. The molecule has 0 unspecified atom stereocenters. The monoisotopic (exact) mass is 668 g/mol. The molecule has 0 amide bonds. The van der Waals surface area contributed by atoms with E-state index < -0.39 is 64.7 Å². The van der Waals surface area contributed by atoms with Gasteiger partial charge in [0.05, 0.1) is 22.8 Å². The van der Waals surface area contributed by atoms with Crippen molar-refractivity contribution in [3.8, 4) is 0 Å². The molecule has 0 bridgehead atoms. The standard InChI is InChI=1S/C28H20N4O12S2/c33-23-9-7-17(11-21(23)27(35)36)29-31-19-5-3-15(25(13-19)45(39,40)41)1-2-16-4-6-20(14-26(16)46(42,43)44)32-30-18-8-10-24(34)22(12-18)28(37)38/h1-14,31-32H,(H,35,36)(H,37,38)(H,39,40,41)(H,42,43,44)/b2-1+,29-17+,30-18+. The molecule has 2 aromatic carbocycles. The zero-order valence-corrected chi connectivity index (χ0v) is 24.5. The number of carbonyl (C=O) groups excluding carboxylic acids is 2. The molecule has 0 fully saturated rings. The number of nitrogens with zero attached hydrogens (tertiary/aromatic N) is 2. The highest BCUT2D eigenvalue weighted by Crippen LogP contribution is 2.26. The minimum Gasteiger partial charge on any atom is -0.478 e. The Morgan fingerprint density at radius 2 is 1.00 bits per heavy atom. The number of hydrogen-bond donors (Lipinski definition) is 6. The summed E-state index contributed by atoms with van der Waals surface area (Å²) in [5, 5.41) is 26.0. The van der Waals surface area contributed by atoms with E-state index in [1.165, 1.54) is 36.4 Å². The summed E-state index contributed by atoms with van der Waals surface area (Å²) >= 11 is 0. The van der Waals surface area contributed by atoms with E-state index in [1.54, 1.807) is 0 Å². The van der Waals surface area contributed by atoms with Crippen LogP contribution in [-0.4, -0.2) is 71.1 Å². The van der Waals surface area contributed by atoms with E-state index in [9.17, 15) is 45.1 Å². The lowest BCUT2D eigenvalue weighted by atomic mass is 10.0. The fraction of sp³-hybridized carbons (Fsp3) is 0. The first-order valence-corrected chi connectivity index (χ1v) is 15.3. The lowest BCUT2D eigenvalue weighted by Gasteiger charge is -2.10. The predicted octanol–water partition coefficient (Wildman–Crippen LogP) is 2.19. The molecule has 0 aliphatic heterocycles. The molecule has 16 nitrogen and oxygen atoms in total. The van der Waals surface area contributed by atoms with Gasteiger partial charge in [-0.25, -0.2) is 9.59 Å². The van der Waals surface area contributed by atoms with Crippen LogP contribution in [0.3, 0.4) is 0 Å². The minimum absolute atomic E-state index is 0.0308. The number of carboxylic acid groups (broad SMARTS) is 2. The van der Waals surface area contributed by atoms with E-state index in [-0.39, 0.29) is 33.9 Å². The molecule has 18 heteroatoms. The molecule has 236 valence electrons. The first-order valence-electron chi connectivity index (χ1n) is 12.5. The summed E-state index contributed by atoms with van der Waals surface area (Å²) in [6.45, 7) is 0. The van der Waals surface area contributed by atoms with Crippen molar-refractivity contribution in [2.45, 2.75) is 9.79 Å². The van der Waals surface area contributed by atoms with Crippen LogP contribution in [0.15, 0.2) is 104 Å². The summed E-state index contributed by atoms with van der Waals surface area (Å²) in [6, 6.07) is 7.14. The second-order valence-corrected chi connectivity index (χ2v) is 12.0. The highest BCUT2D eigenvalue weighted by atomic mass is 32.2. The Morgan fingerprint density at radius 1 is 0.630 bits per heavy atom. The van der Waals surface area contributed by atoms with Crippen LogP contribution in [0.2, 0.25) is 0 Å². The molecule has 0 saturated carbocycles. The van der Waals surface area contributed by atoms with Crippen LogP contribution in [0.4, 0.5) is 11.4 Å². The topological polar surface area (TPSA) is 266 Å². The number of hydrazone groups is 2. The largest absolute Gasteiger partial charge is 0.478 e. The number of anilines is 2. The van der Waals surface area contributed by atoms with Crippen molar-refractivity contribution >= 4 is 78.7 Å². The van der Waals surface area contributed by atoms with Gasteiger partial charge in [0.1, 0.15) is 20.9 Å². The van der Waals surface area contributed by atoms with Crippen molar-refractivity contribution < 1.29 is 55.3 Å². The van der Waals surface area contributed by atoms with Gasteiger partial charge < -0.3 is 10.2 Å². The summed E-state index contributed by atoms with van der Waals surface area (Å²) < 4.78 is 68.2. The molecule has 0 radical (unpaired) electrons. The number of benzene rings is 2. The van der Waals surface area contributed by atoms with Crippen LogP contribution < -0.4 is 10.9 Å². The van der Waals surface area contributed by atoms with Crippen molar-refractivity contribution in [2.24, 2.45) is 10.2 Å². The highest BCUT2D eigenvalue weighted by Gasteiger charge is 2.21. The van der Waals surface area contributed by atoms with E-state index in [2.05, 4.69) is 21.1 Å². The van der Waals surface area contributed by atoms with Gasteiger partial charge in [0, 0.05) is 0 Å². The third kappa shape index (κ3) is 8.01. The zero-order valence-electron chi connectivity index (χ0n) is 22.8. The number of carboxylic acids is 2. The second-order valence-electron chi connectivity index (χ2n) is 9.21. The molecule has 0 atom stereocenters. The quantitative estimate of drug-likeness (QED) is 0.0697. The summed E-state index contributed by atoms with van der Waals surface area (Å²) in [5.74, 6) is -4.41. The van der Waals surface area contributed by atoms with Crippen LogP contribution in [0.25, 0.3) is 12.2 Å². The molecule has 6 N–H and O–H groups in total. The second kappa shape index (κ2) is 13.0. The van der Waals surface area contributed by atoms with Crippen LogP contribution in [0.1, 0.15) is 11.1 Å². The number of aliphatic carboxylic acids is 2. The van der Waals surface area contributed by atoms with E-state index in [4.69, 9.17) is 10.2 Å². The molecule has 4 rings (SSSR count). The number of ketones is 2. The number of allylic oxidation sites excluding steroid dienone is 6. The third-order valence-corrected chi connectivity index (χ3v) is 7.86. The first-order chi connectivity index (χ1) is 21.5. The van der Waals surface area contributed by atoms with E-state index in [0.717, 1.165) is 48.6 Å². The average Bonchev–Trinajstić information content (AvgIpc) is 2.98. The summed E-state index contributed by atoms with van der Waals surface area (Å²) in [5.41, 5.74) is 3.83. The van der Waals surface area contributed by atoms with Gasteiger partial charge in [-0.2, -0.15) is 27.0 Å². The molecule has 2 aromatic rings. The van der Waals surface area contributed by atoms with Crippen LogP contribution in [-0.2, 0) is 39.4 Å². The van der Waals surface area contributed by atoms with Gasteiger partial charge in [0.2, 0.25) is 0 Å².